The number of aromatic carboxylic acids is 1. The predicted molar refractivity (Wildman–Crippen MR) is 72.5 cm³/mol. The Morgan fingerprint density at radius 2 is 2.15 bits per heavy atom. The number of carbonyl (C=O) groups is 1. The van der Waals surface area contributed by atoms with E-state index in [0.717, 1.165) is 6.20 Å². The molecule has 0 bridgehead atoms. The summed E-state index contributed by atoms with van der Waals surface area (Å²) >= 11 is 5.75. The van der Waals surface area contributed by atoms with Crippen LogP contribution in [0.5, 0.6) is 0 Å². The highest BCUT2D eigenvalue weighted by Crippen LogP contribution is 2.23. The summed E-state index contributed by atoms with van der Waals surface area (Å²) in [4.78, 5) is 17.4. The van der Waals surface area contributed by atoms with Gasteiger partial charge < -0.3 is 10.1 Å². The van der Waals surface area contributed by atoms with Crippen molar-refractivity contribution in [1.82, 2.24) is 9.97 Å². The molecule has 7 nitrogen and oxygen atoms in total. The van der Waals surface area contributed by atoms with Gasteiger partial charge in [-0.2, -0.15) is 8.42 Å². The summed E-state index contributed by atoms with van der Waals surface area (Å²) in [5, 5.41) is 9.09. The minimum atomic E-state index is -3.96. The highest BCUT2D eigenvalue weighted by atomic mass is 35.5. The molecule has 0 radical (unpaired) electrons. The number of sulfonamides is 1. The van der Waals surface area contributed by atoms with Gasteiger partial charge >= 0.3 is 5.97 Å². The number of halogens is 1. The van der Waals surface area contributed by atoms with E-state index in [-0.39, 0.29) is 21.3 Å². The molecule has 0 fully saturated rings. The number of benzene rings is 1. The number of nitrogens with zero attached hydrogens (tertiary/aromatic N) is 1. The zero-order valence-corrected chi connectivity index (χ0v) is 11.8. The van der Waals surface area contributed by atoms with E-state index in [1.54, 1.807) is 6.92 Å². The number of carboxylic acids is 1. The number of aromatic amines is 1. The van der Waals surface area contributed by atoms with Crippen LogP contribution in [0.2, 0.25) is 5.02 Å². The van der Waals surface area contributed by atoms with Crippen LogP contribution in [0.1, 0.15) is 16.2 Å². The molecule has 2 rings (SSSR count). The Morgan fingerprint density at radius 1 is 1.45 bits per heavy atom. The van der Waals surface area contributed by atoms with E-state index >= 15 is 0 Å². The minimum Gasteiger partial charge on any atom is -0.478 e. The third-order valence-corrected chi connectivity index (χ3v) is 3.94. The van der Waals surface area contributed by atoms with Crippen LogP contribution in [0.3, 0.4) is 0 Å². The van der Waals surface area contributed by atoms with Crippen molar-refractivity contribution in [2.75, 3.05) is 4.72 Å². The normalized spacial score (nSPS) is 11.3. The zero-order valence-electron chi connectivity index (χ0n) is 10.2. The summed E-state index contributed by atoms with van der Waals surface area (Å²) in [7, 11) is -3.96. The number of hydrogen-bond donors (Lipinski definition) is 3. The van der Waals surface area contributed by atoms with Crippen molar-refractivity contribution in [2.24, 2.45) is 0 Å². The number of carboxylic acid groups (broad SMARTS) is 1. The molecule has 1 aromatic heterocycles. The van der Waals surface area contributed by atoms with Gasteiger partial charge in [0.1, 0.15) is 5.82 Å². The van der Waals surface area contributed by atoms with Crippen LogP contribution in [0, 0.1) is 6.92 Å². The highest BCUT2D eigenvalue weighted by molar-refractivity contribution is 7.92. The number of H-pyrrole nitrogens is 1. The van der Waals surface area contributed by atoms with Gasteiger partial charge in [0.15, 0.2) is 5.03 Å². The van der Waals surface area contributed by atoms with Gasteiger partial charge in [0.05, 0.1) is 17.4 Å². The average molecular weight is 316 g/mol. The summed E-state index contributed by atoms with van der Waals surface area (Å²) in [6, 6.07) is 3.82. The number of hydrogen-bond acceptors (Lipinski definition) is 4. The summed E-state index contributed by atoms with van der Waals surface area (Å²) in [5.41, 5.74) is -0.313. The number of anilines is 1. The molecule has 0 amide bonds. The number of nitrogens with one attached hydrogen (secondary N) is 2. The van der Waals surface area contributed by atoms with Crippen molar-refractivity contribution in [3.05, 3.63) is 40.8 Å². The Bertz CT molecular complexity index is 770. The van der Waals surface area contributed by atoms with Crippen molar-refractivity contribution in [1.29, 1.82) is 0 Å². The SMILES string of the molecule is Cc1ncc(S(=O)(=O)Nc2cc(Cl)ccc2C(=O)O)[nH]1. The van der Waals surface area contributed by atoms with Gasteiger partial charge in [0.2, 0.25) is 0 Å². The smallest absolute Gasteiger partial charge is 0.337 e. The maximum absolute atomic E-state index is 12.1. The maximum Gasteiger partial charge on any atom is 0.337 e. The Labute approximate surface area is 119 Å². The second-order valence-corrected chi connectivity index (χ2v) is 6.02. The molecule has 0 saturated carbocycles. The van der Waals surface area contributed by atoms with Gasteiger partial charge in [-0.05, 0) is 25.1 Å². The van der Waals surface area contributed by atoms with Gasteiger partial charge in [-0.25, -0.2) is 9.78 Å². The first-order valence-electron chi connectivity index (χ1n) is 5.37. The van der Waals surface area contributed by atoms with Gasteiger partial charge in [0, 0.05) is 5.02 Å². The van der Waals surface area contributed by atoms with E-state index in [1.807, 2.05) is 0 Å². The summed E-state index contributed by atoms with van der Waals surface area (Å²) in [6.07, 6.45) is 1.14. The molecule has 0 unspecified atom stereocenters. The van der Waals surface area contributed by atoms with Gasteiger partial charge in [0.25, 0.3) is 10.0 Å². The van der Waals surface area contributed by atoms with Crippen LogP contribution >= 0.6 is 11.6 Å². The lowest BCUT2D eigenvalue weighted by Gasteiger charge is -2.09. The molecule has 1 aromatic carbocycles. The standard InChI is InChI=1S/C11H10ClN3O4S/c1-6-13-5-10(14-6)20(18,19)15-9-4-7(12)2-3-8(9)11(16)17/h2-5,15H,1H3,(H,13,14)(H,16,17). The number of imidazole rings is 1. The lowest BCUT2D eigenvalue weighted by Crippen LogP contribution is -2.16. The molecule has 2 aromatic rings. The lowest BCUT2D eigenvalue weighted by atomic mass is 10.2. The molecule has 20 heavy (non-hydrogen) atoms. The van der Waals surface area contributed by atoms with Gasteiger partial charge in [-0.1, -0.05) is 11.6 Å². The Kier molecular flexibility index (Phi) is 3.69. The van der Waals surface area contributed by atoms with Crippen LogP contribution in [-0.4, -0.2) is 29.5 Å². The zero-order chi connectivity index (χ0) is 14.9. The first kappa shape index (κ1) is 14.4. The minimum absolute atomic E-state index is 0.114. The van der Waals surface area contributed by atoms with E-state index in [2.05, 4.69) is 14.7 Å². The highest BCUT2D eigenvalue weighted by Gasteiger charge is 2.20. The van der Waals surface area contributed by atoms with Gasteiger partial charge in [-0.15, -0.1) is 0 Å². The number of rotatable bonds is 4. The van der Waals surface area contributed by atoms with Crippen molar-refractivity contribution < 1.29 is 18.3 Å². The van der Waals surface area contributed by atoms with Crippen LogP contribution in [0.15, 0.2) is 29.4 Å². The fourth-order valence-corrected chi connectivity index (χ4v) is 2.74. The van der Waals surface area contributed by atoms with Crippen LogP contribution in [-0.2, 0) is 10.0 Å². The van der Waals surface area contributed by atoms with E-state index in [9.17, 15) is 13.2 Å². The number of aromatic nitrogens is 2. The van der Waals surface area contributed by atoms with Crippen LogP contribution in [0.4, 0.5) is 5.69 Å². The van der Waals surface area contributed by atoms with Gasteiger partial charge in [-0.3, -0.25) is 4.72 Å². The molecular weight excluding hydrogens is 306 g/mol. The third-order valence-electron chi connectivity index (χ3n) is 2.43. The van der Waals surface area contributed by atoms with Crippen molar-refractivity contribution in [2.45, 2.75) is 11.9 Å². The molecule has 0 saturated heterocycles. The van der Waals surface area contributed by atoms with Crippen molar-refractivity contribution in [3.8, 4) is 0 Å². The summed E-state index contributed by atoms with van der Waals surface area (Å²) in [5.74, 6) is -0.838. The second-order valence-electron chi connectivity index (χ2n) is 3.93. The Hall–Kier alpha value is -2.06. The molecular formula is C11H10ClN3O4S. The molecule has 9 heteroatoms. The molecule has 1 heterocycles. The maximum atomic E-state index is 12.1. The predicted octanol–water partition coefficient (Wildman–Crippen LogP) is 1.87. The molecule has 0 atom stereocenters. The Balaban J connectivity index is 2.44. The molecule has 0 spiro atoms. The first-order chi connectivity index (χ1) is 9.29. The third kappa shape index (κ3) is 2.91. The van der Waals surface area contributed by atoms with E-state index < -0.39 is 16.0 Å². The second kappa shape index (κ2) is 5.14. The van der Waals surface area contributed by atoms with E-state index in [4.69, 9.17) is 16.7 Å². The van der Waals surface area contributed by atoms with Crippen molar-refractivity contribution >= 4 is 33.3 Å². The first-order valence-corrected chi connectivity index (χ1v) is 7.23. The summed E-state index contributed by atoms with van der Waals surface area (Å²) in [6.45, 7) is 1.60. The van der Waals surface area contributed by atoms with E-state index in [0.29, 0.717) is 5.82 Å². The molecule has 0 aliphatic rings. The van der Waals surface area contributed by atoms with E-state index in [1.165, 1.54) is 18.2 Å². The molecule has 106 valence electrons. The fourth-order valence-electron chi connectivity index (χ4n) is 1.52. The largest absolute Gasteiger partial charge is 0.478 e. The topological polar surface area (TPSA) is 112 Å². The molecule has 3 N–H and O–H groups in total. The average Bonchev–Trinajstić information content (AvgIpc) is 2.75. The van der Waals surface area contributed by atoms with Crippen LogP contribution in [0.25, 0.3) is 0 Å². The fraction of sp³-hybridized carbons (Fsp3) is 0.0909. The van der Waals surface area contributed by atoms with Crippen molar-refractivity contribution in [3.63, 3.8) is 0 Å². The lowest BCUT2D eigenvalue weighted by molar-refractivity contribution is 0.0698. The number of aryl methyl sites for hydroxylation is 1. The Morgan fingerprint density at radius 3 is 2.70 bits per heavy atom. The van der Waals surface area contributed by atoms with Crippen LogP contribution < -0.4 is 4.72 Å². The summed E-state index contributed by atoms with van der Waals surface area (Å²) < 4.78 is 26.3. The molecule has 0 aliphatic heterocycles. The molecule has 0 aliphatic carbocycles. The quantitative estimate of drug-likeness (QED) is 0.797. The monoisotopic (exact) mass is 315 g/mol.